The van der Waals surface area contributed by atoms with E-state index in [2.05, 4.69) is 18.6 Å². The lowest BCUT2D eigenvalue weighted by molar-refractivity contribution is 1.18. The number of hydrogen-bond acceptors (Lipinski definition) is 1. The first-order valence-electron chi connectivity index (χ1n) is 2.99. The third-order valence-corrected chi connectivity index (χ3v) is 1.22. The van der Waals surface area contributed by atoms with E-state index in [4.69, 9.17) is 5.26 Å². The van der Waals surface area contributed by atoms with E-state index in [1.165, 1.54) is 0 Å². The van der Waals surface area contributed by atoms with Gasteiger partial charge in [0.05, 0.1) is 12.5 Å². The minimum Gasteiger partial charge on any atom is -0.198 e. The molecule has 45 valence electrons. The molecule has 0 unspecified atom stereocenters. The lowest BCUT2D eigenvalue weighted by Crippen LogP contribution is -1.82. The first-order valence-corrected chi connectivity index (χ1v) is 2.99. The molecule has 0 saturated carbocycles. The van der Waals surface area contributed by atoms with Crippen molar-refractivity contribution in [2.24, 2.45) is 0 Å². The van der Waals surface area contributed by atoms with Crippen LogP contribution in [0.4, 0.5) is 0 Å². The molecule has 0 aromatic rings. The second-order valence-corrected chi connectivity index (χ2v) is 1.95. The Balaban J connectivity index is 2.50. The quantitative estimate of drug-likeness (QED) is 0.516. The van der Waals surface area contributed by atoms with Gasteiger partial charge < -0.3 is 0 Å². The first kappa shape index (κ1) is 6.10. The second kappa shape index (κ2) is 3.09. The van der Waals surface area contributed by atoms with Crippen LogP contribution in [-0.2, 0) is 0 Å². The van der Waals surface area contributed by atoms with Crippen LogP contribution in [0.5, 0.6) is 0 Å². The van der Waals surface area contributed by atoms with Gasteiger partial charge in [-0.3, -0.25) is 0 Å². The molecule has 0 bridgehead atoms. The highest BCUT2D eigenvalue weighted by Gasteiger charge is 1.94. The predicted octanol–water partition coefficient (Wildman–Crippen LogP) is 1.99. The Morgan fingerprint density at radius 2 is 2.56 bits per heavy atom. The molecule has 1 rings (SSSR count). The lowest BCUT2D eigenvalue weighted by atomic mass is 10.1. The van der Waals surface area contributed by atoms with Crippen LogP contribution in [0.3, 0.4) is 0 Å². The van der Waals surface area contributed by atoms with Crippen LogP contribution in [0, 0.1) is 17.8 Å². The Morgan fingerprint density at radius 1 is 1.67 bits per heavy atom. The van der Waals surface area contributed by atoms with Gasteiger partial charge in [-0.2, -0.15) is 5.26 Å². The predicted molar refractivity (Wildman–Crippen MR) is 36.4 cm³/mol. The van der Waals surface area contributed by atoms with E-state index in [1.54, 1.807) is 0 Å². The molecule has 0 spiro atoms. The molecule has 0 heterocycles. The van der Waals surface area contributed by atoms with E-state index in [0.29, 0.717) is 6.42 Å². The minimum atomic E-state index is 0.535. The normalized spacial score (nSPS) is 16.6. The van der Waals surface area contributed by atoms with Gasteiger partial charge in [-0.15, -0.1) is 0 Å². The summed E-state index contributed by atoms with van der Waals surface area (Å²) in [5, 5.41) is 8.28. The van der Waals surface area contributed by atoms with E-state index in [0.717, 1.165) is 12.0 Å². The molecule has 0 aromatic heterocycles. The molecule has 0 N–H and O–H groups in total. The van der Waals surface area contributed by atoms with Crippen molar-refractivity contribution in [2.45, 2.75) is 12.8 Å². The fourth-order valence-corrected chi connectivity index (χ4v) is 0.782. The number of nitriles is 1. The molecule has 1 aliphatic rings. The van der Waals surface area contributed by atoms with Crippen molar-refractivity contribution < 1.29 is 0 Å². The van der Waals surface area contributed by atoms with Gasteiger partial charge in [-0.25, -0.2) is 0 Å². The van der Waals surface area contributed by atoms with Gasteiger partial charge in [0.25, 0.3) is 0 Å². The third-order valence-electron chi connectivity index (χ3n) is 1.22. The summed E-state index contributed by atoms with van der Waals surface area (Å²) in [6.45, 7) is 0. The first-order chi connectivity index (χ1) is 4.43. The zero-order valence-electron chi connectivity index (χ0n) is 5.17. The fraction of sp³-hybridized carbons (Fsp3) is 0.250. The van der Waals surface area contributed by atoms with Gasteiger partial charge in [0.15, 0.2) is 0 Å². The molecule has 0 fully saturated rings. The minimum absolute atomic E-state index is 0.535. The van der Waals surface area contributed by atoms with Crippen molar-refractivity contribution in [1.29, 1.82) is 5.26 Å². The zero-order valence-corrected chi connectivity index (χ0v) is 5.17. The van der Waals surface area contributed by atoms with Crippen molar-refractivity contribution in [2.75, 3.05) is 0 Å². The molecule has 1 heteroatoms. The van der Waals surface area contributed by atoms with Gasteiger partial charge in [-0.1, -0.05) is 18.2 Å². The molecule has 0 amide bonds. The van der Waals surface area contributed by atoms with Crippen LogP contribution in [0.1, 0.15) is 12.8 Å². The summed E-state index contributed by atoms with van der Waals surface area (Å²) in [7, 11) is 0. The molecule has 1 radical (unpaired) electrons. The molecule has 0 aromatic carbocycles. The van der Waals surface area contributed by atoms with E-state index < -0.39 is 0 Å². The van der Waals surface area contributed by atoms with E-state index in [-0.39, 0.29) is 0 Å². The lowest BCUT2D eigenvalue weighted by Gasteiger charge is -1.99. The second-order valence-electron chi connectivity index (χ2n) is 1.95. The Morgan fingerprint density at radius 3 is 3.11 bits per heavy atom. The molecule has 1 aliphatic carbocycles. The van der Waals surface area contributed by atoms with Crippen LogP contribution in [-0.4, -0.2) is 0 Å². The van der Waals surface area contributed by atoms with Crippen LogP contribution in [0.25, 0.3) is 0 Å². The summed E-state index contributed by atoms with van der Waals surface area (Å²) in [5.41, 5.74) is 1.11. The molecule has 9 heavy (non-hydrogen) atoms. The standard InChI is InChI=1S/C8H8N/c9-7-6-8-4-2-1-3-5-8/h2-5H,1,6H2. The smallest absolute Gasteiger partial charge is 0.0669 e. The maximum atomic E-state index is 8.28. The highest BCUT2D eigenvalue weighted by Crippen LogP contribution is 2.10. The Bertz CT molecular complexity index is 181. The summed E-state index contributed by atoms with van der Waals surface area (Å²) < 4.78 is 0. The van der Waals surface area contributed by atoms with Gasteiger partial charge in [0, 0.05) is 0 Å². The highest BCUT2D eigenvalue weighted by atomic mass is 14.2. The Labute approximate surface area is 55.3 Å². The average Bonchev–Trinajstić information content (AvgIpc) is 1.91. The Kier molecular flexibility index (Phi) is 2.09. The molecule has 0 atom stereocenters. The zero-order chi connectivity index (χ0) is 6.53. The van der Waals surface area contributed by atoms with Crippen molar-refractivity contribution in [3.63, 3.8) is 0 Å². The van der Waals surface area contributed by atoms with Crippen LogP contribution < -0.4 is 0 Å². The summed E-state index contributed by atoms with van der Waals surface area (Å²) in [6.07, 6.45) is 9.67. The maximum absolute atomic E-state index is 8.28. The summed E-state index contributed by atoms with van der Waals surface area (Å²) in [5.74, 6) is 0. The fourth-order valence-electron chi connectivity index (χ4n) is 0.782. The molecule has 1 nitrogen and oxygen atoms in total. The molecular weight excluding hydrogens is 110 g/mol. The number of hydrogen-bond donors (Lipinski definition) is 0. The van der Waals surface area contributed by atoms with Crippen LogP contribution >= 0.6 is 0 Å². The highest BCUT2D eigenvalue weighted by molar-refractivity contribution is 5.29. The number of rotatable bonds is 1. The molecular formula is C8H8N. The van der Waals surface area contributed by atoms with Gasteiger partial charge >= 0.3 is 0 Å². The summed E-state index contributed by atoms with van der Waals surface area (Å²) in [4.78, 5) is 0. The van der Waals surface area contributed by atoms with Gasteiger partial charge in [0.1, 0.15) is 0 Å². The van der Waals surface area contributed by atoms with Crippen molar-refractivity contribution in [3.8, 4) is 6.07 Å². The largest absolute Gasteiger partial charge is 0.198 e. The Hall–Kier alpha value is -1.03. The average molecular weight is 118 g/mol. The van der Waals surface area contributed by atoms with Crippen molar-refractivity contribution >= 4 is 0 Å². The topological polar surface area (TPSA) is 23.8 Å². The van der Waals surface area contributed by atoms with Crippen LogP contribution in [0.15, 0.2) is 23.8 Å². The van der Waals surface area contributed by atoms with Crippen molar-refractivity contribution in [3.05, 3.63) is 30.2 Å². The van der Waals surface area contributed by atoms with Gasteiger partial charge in [0.2, 0.25) is 0 Å². The summed E-state index contributed by atoms with van der Waals surface area (Å²) in [6, 6.07) is 2.10. The summed E-state index contributed by atoms with van der Waals surface area (Å²) >= 11 is 0. The van der Waals surface area contributed by atoms with E-state index in [1.807, 2.05) is 12.2 Å². The SMILES string of the molecule is N#CCC1=C[CH]CC=C1. The maximum Gasteiger partial charge on any atom is 0.0669 e. The van der Waals surface area contributed by atoms with E-state index >= 15 is 0 Å². The van der Waals surface area contributed by atoms with Gasteiger partial charge in [-0.05, 0) is 18.4 Å². The van der Waals surface area contributed by atoms with Crippen molar-refractivity contribution in [1.82, 2.24) is 0 Å². The molecule has 0 aliphatic heterocycles. The van der Waals surface area contributed by atoms with Crippen LogP contribution in [0.2, 0.25) is 0 Å². The monoisotopic (exact) mass is 118 g/mol. The van der Waals surface area contributed by atoms with E-state index in [9.17, 15) is 0 Å². The third kappa shape index (κ3) is 1.73. The number of nitrogens with zero attached hydrogens (tertiary/aromatic N) is 1. The molecule has 0 saturated heterocycles. The number of allylic oxidation sites excluding steroid dienone is 4.